The molecule has 0 unspecified atom stereocenters. The summed E-state index contributed by atoms with van der Waals surface area (Å²) < 4.78 is 5.09. The van der Waals surface area contributed by atoms with Gasteiger partial charge in [-0.2, -0.15) is 0 Å². The third-order valence-electron chi connectivity index (χ3n) is 3.48. The minimum Gasteiger partial charge on any atom is -0.495 e. The highest BCUT2D eigenvalue weighted by Gasteiger charge is 2.07. The number of halogens is 1. The quantitative estimate of drug-likeness (QED) is 0.757. The van der Waals surface area contributed by atoms with Crippen molar-refractivity contribution in [2.45, 2.75) is 19.3 Å². The van der Waals surface area contributed by atoms with Crippen LogP contribution in [0.3, 0.4) is 0 Å². The fraction of sp³-hybridized carbons (Fsp3) is 0.278. The maximum atomic E-state index is 11.9. The van der Waals surface area contributed by atoms with Crippen LogP contribution >= 0.6 is 11.6 Å². The monoisotopic (exact) mass is 361 g/mol. The number of aryl methyl sites for hydroxylation is 1. The van der Waals surface area contributed by atoms with Gasteiger partial charge in [-0.1, -0.05) is 17.7 Å². The molecule has 0 aliphatic rings. The van der Waals surface area contributed by atoms with E-state index in [4.69, 9.17) is 16.3 Å². The minimum absolute atomic E-state index is 0.110. The molecular weight excluding hydrogens is 342 g/mol. The predicted octanol–water partition coefficient (Wildman–Crippen LogP) is 2.82. The van der Waals surface area contributed by atoms with E-state index in [0.29, 0.717) is 29.3 Å². The molecule has 1 heterocycles. The normalized spacial score (nSPS) is 10.2. The number of carbonyl (C=O) groups excluding carboxylic acids is 2. The molecule has 132 valence electrons. The van der Waals surface area contributed by atoms with Crippen LogP contribution in [0, 0.1) is 0 Å². The number of rotatable bonds is 8. The Morgan fingerprint density at radius 1 is 1.20 bits per heavy atom. The lowest BCUT2D eigenvalue weighted by Gasteiger charge is -2.08. The average Bonchev–Trinajstić information content (AvgIpc) is 2.61. The third-order valence-corrected chi connectivity index (χ3v) is 3.77. The van der Waals surface area contributed by atoms with E-state index in [1.807, 2.05) is 6.07 Å². The van der Waals surface area contributed by atoms with Crippen molar-refractivity contribution in [3.05, 3.63) is 53.3 Å². The van der Waals surface area contributed by atoms with Gasteiger partial charge in [0.05, 0.1) is 24.0 Å². The van der Waals surface area contributed by atoms with Gasteiger partial charge < -0.3 is 15.4 Å². The van der Waals surface area contributed by atoms with Crippen LogP contribution < -0.4 is 15.4 Å². The summed E-state index contributed by atoms with van der Waals surface area (Å²) in [5, 5.41) is 5.97. The summed E-state index contributed by atoms with van der Waals surface area (Å²) in [6, 6.07) is 8.93. The first kappa shape index (κ1) is 18.7. The zero-order valence-electron chi connectivity index (χ0n) is 13.9. The van der Waals surface area contributed by atoms with Crippen molar-refractivity contribution in [1.82, 2.24) is 10.3 Å². The second kappa shape index (κ2) is 9.64. The van der Waals surface area contributed by atoms with E-state index >= 15 is 0 Å². The molecule has 0 spiro atoms. The predicted molar refractivity (Wildman–Crippen MR) is 96.8 cm³/mol. The Hall–Kier alpha value is -2.60. The van der Waals surface area contributed by atoms with Crippen molar-refractivity contribution in [3.63, 3.8) is 0 Å². The molecule has 0 radical (unpaired) electrons. The Balaban J connectivity index is 1.67. The van der Waals surface area contributed by atoms with Crippen LogP contribution in [-0.4, -0.2) is 30.5 Å². The summed E-state index contributed by atoms with van der Waals surface area (Å²) in [5.41, 5.74) is 1.59. The van der Waals surface area contributed by atoms with Gasteiger partial charge >= 0.3 is 0 Å². The average molecular weight is 362 g/mol. The van der Waals surface area contributed by atoms with E-state index in [1.54, 1.807) is 43.8 Å². The summed E-state index contributed by atoms with van der Waals surface area (Å²) >= 11 is 6.06. The van der Waals surface area contributed by atoms with Crippen molar-refractivity contribution in [3.8, 4) is 5.75 Å². The second-order valence-electron chi connectivity index (χ2n) is 5.36. The van der Waals surface area contributed by atoms with Gasteiger partial charge in [-0.25, -0.2) is 0 Å². The topological polar surface area (TPSA) is 80.3 Å². The van der Waals surface area contributed by atoms with E-state index in [-0.39, 0.29) is 24.8 Å². The number of pyridine rings is 1. The van der Waals surface area contributed by atoms with Crippen LogP contribution in [0.4, 0.5) is 5.69 Å². The largest absolute Gasteiger partial charge is 0.495 e. The number of hydrogen-bond donors (Lipinski definition) is 2. The number of carbonyl (C=O) groups is 2. The van der Waals surface area contributed by atoms with Gasteiger partial charge in [-0.3, -0.25) is 14.6 Å². The van der Waals surface area contributed by atoms with Crippen molar-refractivity contribution < 1.29 is 14.3 Å². The summed E-state index contributed by atoms with van der Waals surface area (Å²) in [5.74, 6) is 0.325. The smallest absolute Gasteiger partial charge is 0.226 e. The van der Waals surface area contributed by atoms with Crippen molar-refractivity contribution >= 4 is 29.1 Å². The number of hydrogen-bond acceptors (Lipinski definition) is 4. The standard InChI is InChI=1S/C18H20ClN3O3/c1-25-16-6-4-13(11-15(16)19)5-7-17(23)21-10-8-18(24)22-14-3-2-9-20-12-14/h2-4,6,9,11-12H,5,7-8,10H2,1H3,(H,21,23)(H,22,24). The zero-order chi connectivity index (χ0) is 18.1. The molecule has 2 rings (SSSR count). The summed E-state index contributed by atoms with van der Waals surface area (Å²) in [6.07, 6.45) is 4.29. The summed E-state index contributed by atoms with van der Waals surface area (Å²) in [6.45, 7) is 0.286. The lowest BCUT2D eigenvalue weighted by atomic mass is 10.1. The summed E-state index contributed by atoms with van der Waals surface area (Å²) in [7, 11) is 1.55. The molecular formula is C18H20ClN3O3. The van der Waals surface area contributed by atoms with Gasteiger partial charge in [0, 0.05) is 25.6 Å². The molecule has 2 amide bonds. The minimum atomic E-state index is -0.171. The molecule has 0 aliphatic carbocycles. The van der Waals surface area contributed by atoms with Crippen molar-refractivity contribution in [2.24, 2.45) is 0 Å². The first-order valence-corrected chi connectivity index (χ1v) is 8.25. The van der Waals surface area contributed by atoms with Crippen LogP contribution in [0.5, 0.6) is 5.75 Å². The molecule has 0 saturated heterocycles. The van der Waals surface area contributed by atoms with Gasteiger partial charge in [0.15, 0.2) is 0 Å². The SMILES string of the molecule is COc1ccc(CCC(=O)NCCC(=O)Nc2cccnc2)cc1Cl. The highest BCUT2D eigenvalue weighted by atomic mass is 35.5. The molecule has 0 atom stereocenters. The Kier molecular flexibility index (Phi) is 7.22. The number of nitrogens with zero attached hydrogens (tertiary/aromatic N) is 1. The van der Waals surface area contributed by atoms with E-state index in [9.17, 15) is 9.59 Å². The Labute approximate surface area is 151 Å². The summed E-state index contributed by atoms with van der Waals surface area (Å²) in [4.78, 5) is 27.5. The highest BCUT2D eigenvalue weighted by molar-refractivity contribution is 6.32. The fourth-order valence-corrected chi connectivity index (χ4v) is 2.47. The number of benzene rings is 1. The van der Waals surface area contributed by atoms with Crippen molar-refractivity contribution in [2.75, 3.05) is 19.0 Å². The van der Waals surface area contributed by atoms with Crippen LogP contribution in [0.25, 0.3) is 0 Å². The molecule has 7 heteroatoms. The fourth-order valence-electron chi connectivity index (χ4n) is 2.19. The Morgan fingerprint density at radius 3 is 2.72 bits per heavy atom. The van der Waals surface area contributed by atoms with Gasteiger partial charge in [-0.05, 0) is 36.2 Å². The number of amides is 2. The van der Waals surface area contributed by atoms with E-state index in [2.05, 4.69) is 15.6 Å². The number of methoxy groups -OCH3 is 1. The molecule has 2 N–H and O–H groups in total. The van der Waals surface area contributed by atoms with Crippen LogP contribution in [-0.2, 0) is 16.0 Å². The lowest BCUT2D eigenvalue weighted by Crippen LogP contribution is -2.27. The van der Waals surface area contributed by atoms with Crippen LogP contribution in [0.15, 0.2) is 42.7 Å². The molecule has 2 aromatic rings. The highest BCUT2D eigenvalue weighted by Crippen LogP contribution is 2.25. The molecule has 1 aromatic heterocycles. The second-order valence-corrected chi connectivity index (χ2v) is 5.77. The molecule has 0 bridgehead atoms. The van der Waals surface area contributed by atoms with Crippen LogP contribution in [0.1, 0.15) is 18.4 Å². The molecule has 0 fully saturated rings. The van der Waals surface area contributed by atoms with Crippen molar-refractivity contribution in [1.29, 1.82) is 0 Å². The van der Waals surface area contributed by atoms with Gasteiger partial charge in [0.2, 0.25) is 11.8 Å². The maximum Gasteiger partial charge on any atom is 0.226 e. The first-order chi connectivity index (χ1) is 12.1. The zero-order valence-corrected chi connectivity index (χ0v) is 14.7. The maximum absolute atomic E-state index is 11.9. The number of anilines is 1. The van der Waals surface area contributed by atoms with Gasteiger partial charge in [0.1, 0.15) is 5.75 Å². The van der Waals surface area contributed by atoms with E-state index in [0.717, 1.165) is 5.56 Å². The van der Waals surface area contributed by atoms with Crippen LogP contribution in [0.2, 0.25) is 5.02 Å². The number of ether oxygens (including phenoxy) is 1. The first-order valence-electron chi connectivity index (χ1n) is 7.87. The number of aromatic nitrogens is 1. The molecule has 0 saturated carbocycles. The van der Waals surface area contributed by atoms with E-state index < -0.39 is 0 Å². The Morgan fingerprint density at radius 2 is 2.04 bits per heavy atom. The Bertz CT molecular complexity index is 723. The molecule has 6 nitrogen and oxygen atoms in total. The lowest BCUT2D eigenvalue weighted by molar-refractivity contribution is -0.121. The van der Waals surface area contributed by atoms with E-state index in [1.165, 1.54) is 0 Å². The molecule has 0 aliphatic heterocycles. The third kappa shape index (κ3) is 6.43. The molecule has 25 heavy (non-hydrogen) atoms. The number of nitrogens with one attached hydrogen (secondary N) is 2. The molecule has 1 aromatic carbocycles. The van der Waals surface area contributed by atoms with Gasteiger partial charge in [-0.15, -0.1) is 0 Å². The van der Waals surface area contributed by atoms with Gasteiger partial charge in [0.25, 0.3) is 0 Å².